The standard InChI is InChI=1S/C22H25N3O4S/c1-15-14-20(16(2)17(3)22(15)29-4)30(27,28)23-12-13-25-21(26)11-10-19(24-25)18-8-6-5-7-9-18/h5-11,14,23H,12-13H2,1-4H3. The number of methoxy groups -OCH3 is 1. The lowest BCUT2D eigenvalue weighted by Gasteiger charge is -2.16. The molecule has 0 aliphatic rings. The highest BCUT2D eigenvalue weighted by molar-refractivity contribution is 7.89. The van der Waals surface area contributed by atoms with Crippen LogP contribution in [0.1, 0.15) is 16.7 Å². The number of ether oxygens (including phenoxy) is 1. The molecule has 8 heteroatoms. The maximum absolute atomic E-state index is 12.9. The highest BCUT2D eigenvalue weighted by atomic mass is 32.2. The van der Waals surface area contributed by atoms with E-state index in [9.17, 15) is 13.2 Å². The van der Waals surface area contributed by atoms with Crippen molar-refractivity contribution in [1.29, 1.82) is 0 Å². The Morgan fingerprint density at radius 1 is 1.03 bits per heavy atom. The summed E-state index contributed by atoms with van der Waals surface area (Å²) in [6.07, 6.45) is 0. The minimum atomic E-state index is -3.75. The fraction of sp³-hybridized carbons (Fsp3) is 0.273. The molecular weight excluding hydrogens is 402 g/mol. The van der Waals surface area contributed by atoms with Gasteiger partial charge in [-0.2, -0.15) is 5.10 Å². The lowest BCUT2D eigenvalue weighted by atomic mass is 10.1. The van der Waals surface area contributed by atoms with Crippen LogP contribution in [0, 0.1) is 20.8 Å². The first-order valence-corrected chi connectivity index (χ1v) is 11.0. The molecule has 0 aliphatic heterocycles. The van der Waals surface area contributed by atoms with Crippen LogP contribution in [0.15, 0.2) is 58.2 Å². The van der Waals surface area contributed by atoms with Gasteiger partial charge >= 0.3 is 0 Å². The highest BCUT2D eigenvalue weighted by Gasteiger charge is 2.21. The van der Waals surface area contributed by atoms with Crippen molar-refractivity contribution in [1.82, 2.24) is 14.5 Å². The van der Waals surface area contributed by atoms with Crippen molar-refractivity contribution in [2.45, 2.75) is 32.2 Å². The van der Waals surface area contributed by atoms with E-state index in [1.54, 1.807) is 26.2 Å². The minimum absolute atomic E-state index is 0.0387. The highest BCUT2D eigenvalue weighted by Crippen LogP contribution is 2.30. The molecule has 0 unspecified atom stereocenters. The van der Waals surface area contributed by atoms with Crippen molar-refractivity contribution in [3.63, 3.8) is 0 Å². The number of rotatable bonds is 7. The Hall–Kier alpha value is -2.97. The zero-order valence-electron chi connectivity index (χ0n) is 17.5. The van der Waals surface area contributed by atoms with Gasteiger partial charge in [-0.25, -0.2) is 17.8 Å². The number of sulfonamides is 1. The van der Waals surface area contributed by atoms with Crippen LogP contribution in [0.5, 0.6) is 5.75 Å². The Kier molecular flexibility index (Phi) is 6.38. The van der Waals surface area contributed by atoms with Crippen LogP contribution in [0.2, 0.25) is 0 Å². The summed E-state index contributed by atoms with van der Waals surface area (Å²) in [5, 5.41) is 4.36. The van der Waals surface area contributed by atoms with E-state index in [1.807, 2.05) is 44.2 Å². The number of nitrogens with zero attached hydrogens (tertiary/aromatic N) is 2. The third kappa shape index (κ3) is 4.44. The summed E-state index contributed by atoms with van der Waals surface area (Å²) in [5.74, 6) is 0.680. The smallest absolute Gasteiger partial charge is 0.266 e. The monoisotopic (exact) mass is 427 g/mol. The van der Waals surface area contributed by atoms with Crippen molar-refractivity contribution in [3.8, 4) is 17.0 Å². The van der Waals surface area contributed by atoms with E-state index in [4.69, 9.17) is 4.74 Å². The zero-order valence-corrected chi connectivity index (χ0v) is 18.3. The average molecular weight is 428 g/mol. The molecule has 0 bridgehead atoms. The third-order valence-corrected chi connectivity index (χ3v) is 6.61. The molecule has 1 N–H and O–H groups in total. The van der Waals surface area contributed by atoms with E-state index in [0.29, 0.717) is 17.0 Å². The Morgan fingerprint density at radius 2 is 1.73 bits per heavy atom. The molecule has 0 spiro atoms. The van der Waals surface area contributed by atoms with Crippen molar-refractivity contribution in [2.24, 2.45) is 0 Å². The summed E-state index contributed by atoms with van der Waals surface area (Å²) in [6.45, 7) is 5.55. The second kappa shape index (κ2) is 8.81. The van der Waals surface area contributed by atoms with Crippen LogP contribution in [0.4, 0.5) is 0 Å². The molecule has 7 nitrogen and oxygen atoms in total. The van der Waals surface area contributed by atoms with Gasteiger partial charge in [0, 0.05) is 18.2 Å². The van der Waals surface area contributed by atoms with Gasteiger partial charge in [-0.1, -0.05) is 30.3 Å². The lowest BCUT2D eigenvalue weighted by molar-refractivity contribution is 0.407. The third-order valence-electron chi connectivity index (χ3n) is 5.02. The number of aromatic nitrogens is 2. The topological polar surface area (TPSA) is 90.3 Å². The minimum Gasteiger partial charge on any atom is -0.496 e. The molecule has 0 atom stereocenters. The molecule has 0 radical (unpaired) electrons. The van der Waals surface area contributed by atoms with Crippen molar-refractivity contribution in [2.75, 3.05) is 13.7 Å². The van der Waals surface area contributed by atoms with E-state index < -0.39 is 10.0 Å². The number of hydrogen-bond donors (Lipinski definition) is 1. The molecular formula is C22H25N3O4S. The Balaban J connectivity index is 1.79. The van der Waals surface area contributed by atoms with Gasteiger partial charge in [0.1, 0.15) is 5.75 Å². The largest absolute Gasteiger partial charge is 0.496 e. The first kappa shape index (κ1) is 21.7. The Bertz CT molecular complexity index is 1220. The summed E-state index contributed by atoms with van der Waals surface area (Å²) >= 11 is 0. The molecule has 0 saturated carbocycles. The van der Waals surface area contributed by atoms with Gasteiger partial charge in [-0.3, -0.25) is 4.79 Å². The molecule has 0 fully saturated rings. The van der Waals surface area contributed by atoms with Gasteiger partial charge < -0.3 is 4.74 Å². The van der Waals surface area contributed by atoms with Gasteiger partial charge in [0.05, 0.1) is 24.2 Å². The molecule has 1 aromatic heterocycles. The molecule has 1 heterocycles. The number of aryl methyl sites for hydroxylation is 1. The fourth-order valence-electron chi connectivity index (χ4n) is 3.35. The van der Waals surface area contributed by atoms with Crippen molar-refractivity contribution in [3.05, 3.63) is 75.6 Å². The predicted molar refractivity (Wildman–Crippen MR) is 116 cm³/mol. The molecule has 0 amide bonds. The van der Waals surface area contributed by atoms with Crippen LogP contribution in [-0.2, 0) is 16.6 Å². The first-order valence-electron chi connectivity index (χ1n) is 9.52. The van der Waals surface area contributed by atoms with Gasteiger partial charge in [-0.05, 0) is 49.6 Å². The summed E-state index contributed by atoms with van der Waals surface area (Å²) in [5.41, 5.74) is 3.40. The summed E-state index contributed by atoms with van der Waals surface area (Å²) in [4.78, 5) is 12.4. The quantitative estimate of drug-likeness (QED) is 0.626. The average Bonchev–Trinajstić information content (AvgIpc) is 2.73. The van der Waals surface area contributed by atoms with Crippen LogP contribution in [0.25, 0.3) is 11.3 Å². The molecule has 3 rings (SSSR count). The zero-order chi connectivity index (χ0) is 21.9. The molecule has 0 saturated heterocycles. The molecule has 158 valence electrons. The normalized spacial score (nSPS) is 11.5. The van der Waals surface area contributed by atoms with E-state index in [1.165, 1.54) is 10.7 Å². The summed E-state index contributed by atoms with van der Waals surface area (Å²) < 4.78 is 34.9. The number of nitrogens with one attached hydrogen (secondary N) is 1. The van der Waals surface area contributed by atoms with E-state index in [-0.39, 0.29) is 23.5 Å². The Morgan fingerprint density at radius 3 is 2.40 bits per heavy atom. The van der Waals surface area contributed by atoms with Crippen LogP contribution in [0.3, 0.4) is 0 Å². The van der Waals surface area contributed by atoms with Crippen molar-refractivity contribution < 1.29 is 13.2 Å². The fourth-order valence-corrected chi connectivity index (χ4v) is 4.75. The molecule has 30 heavy (non-hydrogen) atoms. The van der Waals surface area contributed by atoms with E-state index in [2.05, 4.69) is 9.82 Å². The summed E-state index contributed by atoms with van der Waals surface area (Å²) in [7, 11) is -2.19. The Labute approximate surface area is 176 Å². The molecule has 3 aromatic rings. The second-order valence-electron chi connectivity index (χ2n) is 7.02. The number of hydrogen-bond acceptors (Lipinski definition) is 5. The van der Waals surface area contributed by atoms with Gasteiger partial charge in [0.25, 0.3) is 5.56 Å². The predicted octanol–water partition coefficient (Wildman–Crippen LogP) is 2.82. The lowest BCUT2D eigenvalue weighted by Crippen LogP contribution is -2.32. The van der Waals surface area contributed by atoms with Crippen molar-refractivity contribution >= 4 is 10.0 Å². The van der Waals surface area contributed by atoms with Gasteiger partial charge in [0.2, 0.25) is 10.0 Å². The van der Waals surface area contributed by atoms with Crippen LogP contribution >= 0.6 is 0 Å². The second-order valence-corrected chi connectivity index (χ2v) is 8.75. The van der Waals surface area contributed by atoms with E-state index in [0.717, 1.165) is 16.7 Å². The van der Waals surface area contributed by atoms with Crippen LogP contribution in [-0.4, -0.2) is 31.9 Å². The van der Waals surface area contributed by atoms with Crippen LogP contribution < -0.4 is 15.0 Å². The number of benzene rings is 2. The van der Waals surface area contributed by atoms with Gasteiger partial charge in [-0.15, -0.1) is 0 Å². The summed E-state index contributed by atoms with van der Waals surface area (Å²) in [6, 6.07) is 14.2. The molecule has 0 aliphatic carbocycles. The first-order chi connectivity index (χ1) is 14.2. The van der Waals surface area contributed by atoms with Gasteiger partial charge in [0.15, 0.2) is 0 Å². The maximum atomic E-state index is 12.9. The maximum Gasteiger partial charge on any atom is 0.266 e. The SMILES string of the molecule is COc1c(C)cc(S(=O)(=O)NCCn2nc(-c3ccccc3)ccc2=O)c(C)c1C. The molecule has 2 aromatic carbocycles. The van der Waals surface area contributed by atoms with E-state index >= 15 is 0 Å².